The van der Waals surface area contributed by atoms with E-state index in [0.717, 1.165) is 29.7 Å². The van der Waals surface area contributed by atoms with Crippen LogP contribution in [0.2, 0.25) is 49.4 Å². The van der Waals surface area contributed by atoms with Crippen molar-refractivity contribution in [2.75, 3.05) is 21.0 Å². The van der Waals surface area contributed by atoms with E-state index in [-0.39, 0.29) is 11.8 Å². The maximum atomic E-state index is 12.4. The number of ether oxygens (including phenoxy) is 5. The molecule has 0 aliphatic carbocycles. The van der Waals surface area contributed by atoms with Gasteiger partial charge in [-0.15, -0.1) is 12.1 Å². The number of benzene rings is 2. The third-order valence-electron chi connectivity index (χ3n) is 11.3. The number of methoxy groups -OCH3 is 2. The van der Waals surface area contributed by atoms with Crippen LogP contribution >= 0.6 is 0 Å². The van der Waals surface area contributed by atoms with Crippen molar-refractivity contribution in [1.29, 1.82) is 0 Å². The standard InChI is InChI=1S/C47H74O8Si3/c1-16-24-40(53-45(48)17-2)29-31-47(9,55-58(18-3,19-4)20-5)44(52-37-51-35-39-27-28-42(49-10)43(33-39)50-11)34-41(54-57(14,15)46(6,7)8)30-32-56(12,13)36-38-25-22-21-23-26-38/h16-17,21-23,25-29,31,33,40-41,44H,1-2,18-20,24,34-37H2,3-15H3/b31-29+/t40-,41+,44-,47-/m1/s1. The fraction of sp³-hybridized carbons (Fsp3) is 0.553. The van der Waals surface area contributed by atoms with E-state index in [1.807, 2.05) is 36.4 Å². The Hall–Kier alpha value is -3.22. The Kier molecular flexibility index (Phi) is 20.7. The van der Waals surface area contributed by atoms with Crippen LogP contribution in [-0.4, -0.2) is 75.6 Å². The molecule has 58 heavy (non-hydrogen) atoms. The zero-order valence-corrected chi connectivity index (χ0v) is 41.0. The van der Waals surface area contributed by atoms with E-state index in [1.165, 1.54) is 11.6 Å². The van der Waals surface area contributed by atoms with E-state index < -0.39 is 54.6 Å². The molecule has 0 spiro atoms. The van der Waals surface area contributed by atoms with Gasteiger partial charge < -0.3 is 32.5 Å². The third-order valence-corrected chi connectivity index (χ3v) is 22.6. The number of esters is 1. The van der Waals surface area contributed by atoms with Crippen LogP contribution in [0.3, 0.4) is 0 Å². The first-order valence-electron chi connectivity index (χ1n) is 20.7. The summed E-state index contributed by atoms with van der Waals surface area (Å²) in [5.41, 5.74) is 5.00. The minimum Gasteiger partial charge on any atom is -0.493 e. The first-order chi connectivity index (χ1) is 27.2. The molecule has 8 nitrogen and oxygen atoms in total. The van der Waals surface area contributed by atoms with Crippen molar-refractivity contribution in [2.24, 2.45) is 0 Å². The van der Waals surface area contributed by atoms with Crippen LogP contribution in [0.1, 0.15) is 72.4 Å². The van der Waals surface area contributed by atoms with Crippen molar-refractivity contribution in [1.82, 2.24) is 0 Å². The third kappa shape index (κ3) is 16.1. The topological polar surface area (TPSA) is 81.7 Å². The molecule has 2 aromatic rings. The van der Waals surface area contributed by atoms with E-state index in [0.29, 0.717) is 30.9 Å². The SMILES string of the molecule is C=CC[C@H](/C=C/[C@@](C)(O[Si](CC)(CC)CC)[C@@H](C[C@H](C#C[Si](C)(C)Cc1ccccc1)O[Si](C)(C)C(C)(C)C)OCOCc1ccc(OC)c(OC)c1)OC(=O)C=C. The van der Waals surface area contributed by atoms with Gasteiger partial charge in [0.05, 0.1) is 32.5 Å². The average molecular weight is 851 g/mol. The molecular weight excluding hydrogens is 777 g/mol. The molecule has 0 fully saturated rings. The summed E-state index contributed by atoms with van der Waals surface area (Å²) >= 11 is 0. The van der Waals surface area contributed by atoms with Gasteiger partial charge in [-0.2, -0.15) is 0 Å². The highest BCUT2D eigenvalue weighted by molar-refractivity contribution is 6.84. The maximum absolute atomic E-state index is 12.4. The molecule has 0 N–H and O–H groups in total. The molecule has 0 aliphatic heterocycles. The van der Waals surface area contributed by atoms with E-state index >= 15 is 0 Å². The van der Waals surface area contributed by atoms with Gasteiger partial charge in [0.15, 0.2) is 28.1 Å². The summed E-state index contributed by atoms with van der Waals surface area (Å²) in [5.74, 6) is 4.46. The minimum absolute atomic E-state index is 0.0131. The van der Waals surface area contributed by atoms with Crippen molar-refractivity contribution < 1.29 is 37.3 Å². The van der Waals surface area contributed by atoms with Gasteiger partial charge in [-0.25, -0.2) is 4.79 Å². The predicted molar refractivity (Wildman–Crippen MR) is 247 cm³/mol. The highest BCUT2D eigenvalue weighted by atomic mass is 28.4. The first kappa shape index (κ1) is 50.9. The zero-order chi connectivity index (χ0) is 43.6. The van der Waals surface area contributed by atoms with Gasteiger partial charge in [0.25, 0.3) is 0 Å². The van der Waals surface area contributed by atoms with Crippen LogP contribution in [0, 0.1) is 11.5 Å². The summed E-state index contributed by atoms with van der Waals surface area (Å²) in [6.45, 7) is 32.4. The summed E-state index contributed by atoms with van der Waals surface area (Å²) in [6.07, 6.45) is 6.10. The van der Waals surface area contributed by atoms with Crippen LogP contribution in [0.25, 0.3) is 0 Å². The smallest absolute Gasteiger partial charge is 0.330 e. The molecule has 0 radical (unpaired) electrons. The van der Waals surface area contributed by atoms with Crippen molar-refractivity contribution in [3.05, 3.63) is 97.1 Å². The number of carbonyl (C=O) groups excluding carboxylic acids is 1. The minimum atomic E-state index is -2.32. The molecule has 0 saturated heterocycles. The van der Waals surface area contributed by atoms with Crippen molar-refractivity contribution >= 4 is 30.7 Å². The fourth-order valence-electron chi connectivity index (χ4n) is 6.48. The Morgan fingerprint density at radius 2 is 1.52 bits per heavy atom. The molecule has 0 amide bonds. The molecule has 2 rings (SSSR count). The van der Waals surface area contributed by atoms with E-state index in [9.17, 15) is 4.79 Å². The monoisotopic (exact) mass is 850 g/mol. The zero-order valence-electron chi connectivity index (χ0n) is 38.0. The van der Waals surface area contributed by atoms with E-state index in [2.05, 4.69) is 124 Å². The highest BCUT2D eigenvalue weighted by Gasteiger charge is 2.45. The Balaban J connectivity index is 2.75. The van der Waals surface area contributed by atoms with Gasteiger partial charge in [0, 0.05) is 18.9 Å². The summed E-state index contributed by atoms with van der Waals surface area (Å²) in [4.78, 5) is 12.4. The largest absolute Gasteiger partial charge is 0.493 e. The molecule has 0 saturated carbocycles. The highest BCUT2D eigenvalue weighted by Crippen LogP contribution is 2.39. The Morgan fingerprint density at radius 1 is 0.879 bits per heavy atom. The first-order valence-corrected chi connectivity index (χ1v) is 29.4. The van der Waals surface area contributed by atoms with Gasteiger partial charge in [-0.05, 0) is 78.6 Å². The molecule has 11 heteroatoms. The molecule has 0 aromatic heterocycles. The number of hydrogen-bond acceptors (Lipinski definition) is 8. The Labute approximate surface area is 355 Å². The molecule has 2 aromatic carbocycles. The molecule has 0 bridgehead atoms. The van der Waals surface area contributed by atoms with Gasteiger partial charge in [0.1, 0.15) is 27.1 Å². The second kappa shape index (κ2) is 23.5. The Morgan fingerprint density at radius 3 is 2.07 bits per heavy atom. The van der Waals surface area contributed by atoms with Crippen LogP contribution in [0.15, 0.2) is 86.0 Å². The molecule has 0 unspecified atom stereocenters. The summed E-state index contributed by atoms with van der Waals surface area (Å²) in [7, 11) is -3.42. The molecule has 322 valence electrons. The quantitative estimate of drug-likeness (QED) is 0.0186. The molecular formula is C47H74O8Si3. The van der Waals surface area contributed by atoms with Crippen molar-refractivity contribution in [3.8, 4) is 23.0 Å². The molecule has 4 atom stereocenters. The normalized spacial score (nSPS) is 15.1. The number of hydrogen-bond donors (Lipinski definition) is 0. The van der Waals surface area contributed by atoms with Crippen LogP contribution in [-0.2, 0) is 40.5 Å². The average Bonchev–Trinajstić information content (AvgIpc) is 3.18. The van der Waals surface area contributed by atoms with Gasteiger partial charge in [-0.1, -0.05) is 116 Å². The van der Waals surface area contributed by atoms with E-state index in [4.69, 9.17) is 32.5 Å². The summed E-state index contributed by atoms with van der Waals surface area (Å²) in [5, 5.41) is -0.0514. The second-order valence-corrected chi connectivity index (χ2v) is 31.1. The fourth-order valence-corrected chi connectivity index (χ4v) is 12.7. The number of rotatable bonds is 25. The van der Waals surface area contributed by atoms with Crippen LogP contribution in [0.4, 0.5) is 0 Å². The van der Waals surface area contributed by atoms with Gasteiger partial charge in [-0.3, -0.25) is 0 Å². The predicted octanol–water partition coefficient (Wildman–Crippen LogP) is 11.4. The van der Waals surface area contributed by atoms with E-state index in [1.54, 1.807) is 20.3 Å². The summed E-state index contributed by atoms with van der Waals surface area (Å²) < 4.78 is 44.5. The molecule has 0 aliphatic rings. The van der Waals surface area contributed by atoms with Crippen LogP contribution in [0.5, 0.6) is 11.5 Å². The summed E-state index contributed by atoms with van der Waals surface area (Å²) in [6, 6.07) is 20.0. The lowest BCUT2D eigenvalue weighted by Gasteiger charge is -2.45. The van der Waals surface area contributed by atoms with Crippen molar-refractivity contribution in [2.45, 2.75) is 147 Å². The van der Waals surface area contributed by atoms with Gasteiger partial charge in [0.2, 0.25) is 0 Å². The lowest BCUT2D eigenvalue weighted by molar-refractivity contribution is -0.149. The maximum Gasteiger partial charge on any atom is 0.330 e. The lowest BCUT2D eigenvalue weighted by atomic mass is 9.93. The second-order valence-electron chi connectivity index (χ2n) is 17.3. The van der Waals surface area contributed by atoms with Crippen molar-refractivity contribution in [3.63, 3.8) is 0 Å². The molecule has 0 heterocycles. The van der Waals surface area contributed by atoms with Crippen LogP contribution < -0.4 is 9.47 Å². The lowest BCUT2D eigenvalue weighted by Crippen LogP contribution is -2.53. The number of carbonyl (C=O) groups is 1. The Bertz CT molecular complexity index is 1660. The van der Waals surface area contributed by atoms with Gasteiger partial charge >= 0.3 is 5.97 Å².